The lowest BCUT2D eigenvalue weighted by Gasteiger charge is -2.10. The van der Waals surface area contributed by atoms with Gasteiger partial charge >= 0.3 is 0 Å². The number of aromatic nitrogens is 1. The van der Waals surface area contributed by atoms with Gasteiger partial charge in [0.1, 0.15) is 0 Å². The highest BCUT2D eigenvalue weighted by Crippen LogP contribution is 2.25. The molecule has 0 saturated carbocycles. The van der Waals surface area contributed by atoms with Gasteiger partial charge in [0, 0.05) is 5.39 Å². The van der Waals surface area contributed by atoms with Gasteiger partial charge in [-0.15, -0.1) is 0 Å². The maximum atomic E-state index is 12.0. The molecule has 0 bridgehead atoms. The van der Waals surface area contributed by atoms with Crippen molar-refractivity contribution in [1.82, 2.24) is 4.98 Å². The first kappa shape index (κ1) is 14.8. The van der Waals surface area contributed by atoms with Crippen molar-refractivity contribution in [2.75, 3.05) is 19.0 Å². The van der Waals surface area contributed by atoms with Crippen LogP contribution in [0.25, 0.3) is 10.9 Å². The first-order chi connectivity index (χ1) is 11.3. The van der Waals surface area contributed by atoms with Gasteiger partial charge in [-0.05, 0) is 24.3 Å². The number of carbonyl (C=O) groups is 1. The van der Waals surface area contributed by atoms with Crippen molar-refractivity contribution in [2.45, 2.75) is 0 Å². The summed E-state index contributed by atoms with van der Waals surface area (Å²) >= 11 is 0. The van der Waals surface area contributed by atoms with E-state index in [1.807, 2.05) is 42.5 Å². The molecule has 1 N–H and O–H groups in total. The molecule has 0 aliphatic carbocycles. The van der Waals surface area contributed by atoms with Crippen LogP contribution >= 0.6 is 0 Å². The zero-order valence-electron chi connectivity index (χ0n) is 12.7. The predicted octanol–water partition coefficient (Wildman–Crippen LogP) is 3.26. The number of nitrogens with zero attached hydrogens (tertiary/aromatic N) is 1. The smallest absolute Gasteiger partial charge is 0.262 e. The summed E-state index contributed by atoms with van der Waals surface area (Å²) in [6.45, 7) is -0.104. The van der Waals surface area contributed by atoms with Crippen LogP contribution in [0.5, 0.6) is 11.5 Å². The van der Waals surface area contributed by atoms with Crippen LogP contribution < -0.4 is 14.8 Å². The van der Waals surface area contributed by atoms with E-state index in [1.165, 1.54) is 0 Å². The molecule has 3 aromatic rings. The Balaban J connectivity index is 1.64. The number of rotatable bonds is 5. The second kappa shape index (κ2) is 6.79. The highest BCUT2D eigenvalue weighted by atomic mass is 16.5. The number of ether oxygens (including phenoxy) is 2. The summed E-state index contributed by atoms with van der Waals surface area (Å²) in [5, 5.41) is 3.74. The molecule has 0 unspecified atom stereocenters. The summed E-state index contributed by atoms with van der Waals surface area (Å²) in [5.74, 6) is 0.863. The molecular weight excluding hydrogens is 292 g/mol. The van der Waals surface area contributed by atoms with E-state index >= 15 is 0 Å². The second-order valence-electron chi connectivity index (χ2n) is 4.90. The highest BCUT2D eigenvalue weighted by molar-refractivity contribution is 5.94. The summed E-state index contributed by atoms with van der Waals surface area (Å²) in [6, 6.07) is 16.8. The summed E-state index contributed by atoms with van der Waals surface area (Å²) in [5.41, 5.74) is 1.52. The molecule has 5 nitrogen and oxygen atoms in total. The van der Waals surface area contributed by atoms with Crippen molar-refractivity contribution in [2.24, 2.45) is 0 Å². The average molecular weight is 308 g/mol. The number of nitrogens with one attached hydrogen (secondary N) is 1. The Morgan fingerprint density at radius 3 is 2.65 bits per heavy atom. The van der Waals surface area contributed by atoms with Crippen LogP contribution in [0, 0.1) is 0 Å². The van der Waals surface area contributed by atoms with Crippen molar-refractivity contribution in [1.29, 1.82) is 0 Å². The molecule has 0 aliphatic rings. The zero-order valence-corrected chi connectivity index (χ0v) is 12.7. The van der Waals surface area contributed by atoms with Gasteiger partial charge in [0.15, 0.2) is 18.1 Å². The van der Waals surface area contributed by atoms with Crippen LogP contribution in [0.4, 0.5) is 5.69 Å². The number of benzene rings is 2. The molecule has 1 amide bonds. The minimum Gasteiger partial charge on any atom is -0.493 e. The lowest BCUT2D eigenvalue weighted by atomic mass is 10.2. The quantitative estimate of drug-likeness (QED) is 0.786. The Bertz CT molecular complexity index is 833. The maximum absolute atomic E-state index is 12.0. The number of anilines is 1. The number of amides is 1. The Labute approximate surface area is 133 Å². The van der Waals surface area contributed by atoms with E-state index in [4.69, 9.17) is 9.47 Å². The van der Waals surface area contributed by atoms with E-state index in [0.29, 0.717) is 17.2 Å². The van der Waals surface area contributed by atoms with Crippen molar-refractivity contribution < 1.29 is 14.3 Å². The lowest BCUT2D eigenvalue weighted by molar-refractivity contribution is -0.118. The van der Waals surface area contributed by atoms with E-state index in [1.54, 1.807) is 25.4 Å². The average Bonchev–Trinajstić information content (AvgIpc) is 2.60. The standard InChI is InChI=1S/C18H16N2O3/c1-22-16-8-4-5-9-17(16)23-12-18(21)20-14-10-13-6-2-3-7-15(13)19-11-14/h2-11H,12H2,1H3,(H,20,21). The zero-order chi connectivity index (χ0) is 16.1. The van der Waals surface area contributed by atoms with Crippen LogP contribution in [-0.2, 0) is 4.79 Å². The molecule has 2 aromatic carbocycles. The number of pyridine rings is 1. The van der Waals surface area contributed by atoms with Gasteiger partial charge in [-0.2, -0.15) is 0 Å². The van der Waals surface area contributed by atoms with Gasteiger partial charge < -0.3 is 14.8 Å². The van der Waals surface area contributed by atoms with Gasteiger partial charge in [0.2, 0.25) is 0 Å². The minimum absolute atomic E-state index is 0.104. The van der Waals surface area contributed by atoms with Crippen LogP contribution in [0.1, 0.15) is 0 Å². The number of hydrogen-bond acceptors (Lipinski definition) is 4. The van der Waals surface area contributed by atoms with Crippen LogP contribution in [0.2, 0.25) is 0 Å². The third-order valence-corrected chi connectivity index (χ3v) is 3.30. The summed E-state index contributed by atoms with van der Waals surface area (Å²) in [6.07, 6.45) is 1.63. The SMILES string of the molecule is COc1ccccc1OCC(=O)Nc1cnc2ccccc2c1. The molecule has 0 radical (unpaired) electrons. The Hall–Kier alpha value is -3.08. The molecule has 0 spiro atoms. The minimum atomic E-state index is -0.256. The van der Waals surface area contributed by atoms with E-state index in [-0.39, 0.29) is 12.5 Å². The Morgan fingerprint density at radius 2 is 1.83 bits per heavy atom. The molecule has 116 valence electrons. The van der Waals surface area contributed by atoms with E-state index in [9.17, 15) is 4.79 Å². The molecule has 3 rings (SSSR count). The first-order valence-electron chi connectivity index (χ1n) is 7.17. The van der Waals surface area contributed by atoms with Crippen molar-refractivity contribution in [3.05, 3.63) is 60.8 Å². The number of fused-ring (bicyclic) bond motifs is 1. The lowest BCUT2D eigenvalue weighted by Crippen LogP contribution is -2.20. The molecule has 1 heterocycles. The topological polar surface area (TPSA) is 60.5 Å². The fourth-order valence-corrected chi connectivity index (χ4v) is 2.22. The van der Waals surface area contributed by atoms with Gasteiger partial charge in [-0.1, -0.05) is 30.3 Å². The van der Waals surface area contributed by atoms with Crippen LogP contribution in [0.15, 0.2) is 60.8 Å². The number of hydrogen-bond donors (Lipinski definition) is 1. The predicted molar refractivity (Wildman–Crippen MR) is 88.9 cm³/mol. The number of methoxy groups -OCH3 is 1. The summed E-state index contributed by atoms with van der Waals surface area (Å²) in [4.78, 5) is 16.3. The largest absolute Gasteiger partial charge is 0.493 e. The van der Waals surface area contributed by atoms with Gasteiger partial charge in [0.05, 0.1) is 24.5 Å². The van der Waals surface area contributed by atoms with Gasteiger partial charge in [-0.3, -0.25) is 9.78 Å². The molecule has 0 saturated heterocycles. The third-order valence-electron chi connectivity index (χ3n) is 3.30. The molecule has 0 aliphatic heterocycles. The molecule has 0 fully saturated rings. The molecular formula is C18H16N2O3. The first-order valence-corrected chi connectivity index (χ1v) is 7.17. The van der Waals surface area contributed by atoms with Crippen molar-refractivity contribution >= 4 is 22.5 Å². The van der Waals surface area contributed by atoms with E-state index in [2.05, 4.69) is 10.3 Å². The van der Waals surface area contributed by atoms with E-state index in [0.717, 1.165) is 10.9 Å². The van der Waals surface area contributed by atoms with Crippen molar-refractivity contribution in [3.63, 3.8) is 0 Å². The Kier molecular flexibility index (Phi) is 4.38. The maximum Gasteiger partial charge on any atom is 0.262 e. The monoisotopic (exact) mass is 308 g/mol. The Morgan fingerprint density at radius 1 is 1.09 bits per heavy atom. The fraction of sp³-hybridized carbons (Fsp3) is 0.111. The molecule has 0 atom stereocenters. The number of para-hydroxylation sites is 3. The van der Waals surface area contributed by atoms with Crippen molar-refractivity contribution in [3.8, 4) is 11.5 Å². The van der Waals surface area contributed by atoms with Gasteiger partial charge in [-0.25, -0.2) is 0 Å². The summed E-state index contributed by atoms with van der Waals surface area (Å²) in [7, 11) is 1.56. The normalized spacial score (nSPS) is 10.3. The van der Waals surface area contributed by atoms with E-state index < -0.39 is 0 Å². The van der Waals surface area contributed by atoms with Crippen LogP contribution in [-0.4, -0.2) is 24.6 Å². The highest BCUT2D eigenvalue weighted by Gasteiger charge is 2.08. The van der Waals surface area contributed by atoms with Crippen LogP contribution in [0.3, 0.4) is 0 Å². The molecule has 1 aromatic heterocycles. The second-order valence-corrected chi connectivity index (χ2v) is 4.90. The molecule has 23 heavy (non-hydrogen) atoms. The number of carbonyl (C=O) groups excluding carboxylic acids is 1. The van der Waals surface area contributed by atoms with Gasteiger partial charge in [0.25, 0.3) is 5.91 Å². The summed E-state index contributed by atoms with van der Waals surface area (Å²) < 4.78 is 10.7. The fourth-order valence-electron chi connectivity index (χ4n) is 2.22. The molecule has 5 heteroatoms. The third kappa shape index (κ3) is 3.58.